The number of hydrogen-bond donors (Lipinski definition) is 6. The molecule has 5 aliphatic heterocycles. The van der Waals surface area contributed by atoms with Crippen molar-refractivity contribution < 1.29 is 65.2 Å². The molecule has 12 aromatic carbocycles. The Kier molecular flexibility index (Phi) is 28.5. The number of aromatic amines is 4. The minimum Gasteiger partial charge on any atom is -0.410 e. The van der Waals surface area contributed by atoms with Crippen LogP contribution in [0.15, 0.2) is 272 Å². The smallest absolute Gasteiger partial charge is 0.410 e. The number of sulfonamides is 1. The molecule has 4 aromatic heterocycles. The number of anilines is 2. The minimum absolute atomic E-state index is 0.0321. The van der Waals surface area contributed by atoms with Crippen molar-refractivity contribution in [1.29, 1.82) is 0 Å². The molecule has 0 aliphatic carbocycles. The summed E-state index contributed by atoms with van der Waals surface area (Å²) in [5.41, 5.74) is 22.4. The molecule has 5 amide bonds. The minimum atomic E-state index is -3.65. The molecule has 21 rings (SSSR count). The Morgan fingerprint density at radius 2 is 0.642 bits per heavy atom. The number of fused-ring (bicyclic) bond motifs is 12. The number of carbonyl (C=O) groups excluding carboxylic acids is 5. The molecule has 0 spiro atoms. The Morgan fingerprint density at radius 3 is 0.934 bits per heavy atom. The number of nitrogens with one attached hydrogen (secondary N) is 5. The maximum absolute atomic E-state index is 13.6. The molecule has 16 aromatic rings. The molecule has 34 heteroatoms. The topological polar surface area (TPSA) is 292 Å². The van der Waals surface area contributed by atoms with Gasteiger partial charge in [0.15, 0.2) is 0 Å². The van der Waals surface area contributed by atoms with Gasteiger partial charge in [0, 0.05) is 164 Å². The van der Waals surface area contributed by atoms with Crippen LogP contribution in [0.4, 0.5) is 34.9 Å². The van der Waals surface area contributed by atoms with E-state index in [1.165, 1.54) is 23.5 Å². The van der Waals surface area contributed by atoms with Gasteiger partial charge in [0.05, 0.1) is 18.1 Å². The van der Waals surface area contributed by atoms with Gasteiger partial charge in [-0.2, -0.15) is 4.31 Å². The molecule has 1 saturated heterocycles. The SMILES string of the molecule is COCC(=O)Nc1ccc(C2c3[nH]c4ccc(Cl)cc4c3CCN2C(=O)Oc2ccc(Cl)cc2)cc1.Nc1ccc(C2c3[nH]c4ccc(Cl)cc4c3CCN2C(=O)Oc2ccc(Cl)cc2)cc1.O=C(Oc1ccc(Cl)cc1)N1CCc2c([nH]c3ccc(Cl)cc23)C1c1ccc(F)cc1.O=C(Oc1ccc(Cl)cc1)N1CCc2c([nH]c3ccc(Cl)cc23)C1c1ccc(S(=O)(=O)N2CCOCC2)cc1. The van der Waals surface area contributed by atoms with Crippen LogP contribution in [-0.4, -0.2) is 149 Å². The summed E-state index contributed by atoms with van der Waals surface area (Å²) in [6.45, 7) is 3.16. The Hall–Kier alpha value is -12.8. The maximum atomic E-state index is 13.6. The van der Waals surface area contributed by atoms with Crippen molar-refractivity contribution in [3.63, 3.8) is 0 Å². The summed E-state index contributed by atoms with van der Waals surface area (Å²) in [6, 6.07) is 75.6. The summed E-state index contributed by atoms with van der Waals surface area (Å²) in [6.07, 6.45) is 0.681. The Balaban J connectivity index is 0.000000122. The van der Waals surface area contributed by atoms with E-state index in [2.05, 4.69) is 25.3 Å². The van der Waals surface area contributed by atoms with Crippen LogP contribution in [0.5, 0.6) is 23.0 Å². The van der Waals surface area contributed by atoms with Gasteiger partial charge in [0.2, 0.25) is 15.9 Å². The summed E-state index contributed by atoms with van der Waals surface area (Å²) in [5.74, 6) is 1.06. The van der Waals surface area contributed by atoms with Gasteiger partial charge < -0.3 is 59.4 Å². The van der Waals surface area contributed by atoms with E-state index in [0.717, 1.165) is 111 Å². The van der Waals surface area contributed by atoms with Gasteiger partial charge in [-0.1, -0.05) is 141 Å². The van der Waals surface area contributed by atoms with E-state index in [1.54, 1.807) is 165 Å². The number of amides is 5. The number of benzene rings is 12. The number of nitrogens with two attached hydrogens (primary N) is 1. The number of methoxy groups -OCH3 is 1. The highest BCUT2D eigenvalue weighted by atomic mass is 35.5. The van der Waals surface area contributed by atoms with Gasteiger partial charge in [-0.25, -0.2) is 32.0 Å². The van der Waals surface area contributed by atoms with Crippen molar-refractivity contribution >= 4 is 188 Å². The third kappa shape index (κ3) is 20.9. The second kappa shape index (κ2) is 41.3. The third-order valence-electron chi connectivity index (χ3n) is 24.4. The highest BCUT2D eigenvalue weighted by molar-refractivity contribution is 7.89. The van der Waals surface area contributed by atoms with Crippen LogP contribution in [0.1, 0.15) is 91.5 Å². The quantitative estimate of drug-likeness (QED) is 0.0585. The van der Waals surface area contributed by atoms with E-state index in [0.29, 0.717) is 153 Å². The monoisotopic (exact) mass is 2010 g/mol. The summed E-state index contributed by atoms with van der Waals surface area (Å²) < 4.78 is 74.2. The Morgan fingerprint density at radius 1 is 0.372 bits per heavy atom. The number of nitrogens with zero attached hydrogens (tertiary/aromatic N) is 5. The van der Waals surface area contributed by atoms with Gasteiger partial charge in [-0.15, -0.1) is 0 Å². The van der Waals surface area contributed by atoms with Crippen LogP contribution in [0.3, 0.4) is 0 Å². The van der Waals surface area contributed by atoms with Crippen molar-refractivity contribution in [2.75, 3.05) is 77.2 Å². The second-order valence-electron chi connectivity index (χ2n) is 32.9. The molecule has 4 atom stereocenters. The molecule has 0 saturated carbocycles. The predicted octanol–water partition coefficient (Wildman–Crippen LogP) is 24.8. The van der Waals surface area contributed by atoms with E-state index < -0.39 is 52.5 Å². The van der Waals surface area contributed by atoms with Crippen LogP contribution in [0.2, 0.25) is 40.2 Å². The maximum Gasteiger partial charge on any atom is 0.416 e. The van der Waals surface area contributed by atoms with E-state index >= 15 is 0 Å². The van der Waals surface area contributed by atoms with Gasteiger partial charge in [-0.3, -0.25) is 24.4 Å². The lowest BCUT2D eigenvalue weighted by Crippen LogP contribution is -2.42. The number of nitrogen functional groups attached to an aromatic ring is 1. The highest BCUT2D eigenvalue weighted by Gasteiger charge is 2.42. The van der Waals surface area contributed by atoms with Crippen molar-refractivity contribution in [2.45, 2.75) is 54.7 Å². The van der Waals surface area contributed by atoms with Gasteiger partial charge >= 0.3 is 24.4 Å². The third-order valence-corrected chi connectivity index (χ3v) is 28.3. The van der Waals surface area contributed by atoms with E-state index in [-0.39, 0.29) is 29.3 Å². The van der Waals surface area contributed by atoms with Gasteiger partial charge in [0.25, 0.3) is 0 Å². The van der Waals surface area contributed by atoms with E-state index in [1.807, 2.05) is 109 Å². The standard InChI is InChI=1S/C28H25Cl2N3O5S.C27H23Cl2N3O4.C24H17Cl2FN2O2.C24H19Cl2N3O2/c29-19-3-6-21(7-4-19)38-28(34)33-12-11-23-24-17-20(30)5-10-25(24)31-26(23)27(33)18-1-8-22(9-2-18)39(35,36)32-13-15-37-16-14-32;1-35-15-24(33)30-19-7-2-16(3-8-19)26-25-21(22-14-18(29)6-11-23(22)31-25)12-13-32(26)27(34)36-20-9-4-17(28)5-10-20;2*25-15-3-8-18(9-4-15)31-24(30)29-12-11-19-20-13-16(26)5-10-21(20)28-22(19)23(29)14-1-6-17(27)7-2-14/h1-10,17,27,31H,11-16H2;2-11,14,26,31H,12-13,15H2,1H3,(H,30,33);1-10,13,23,28H,11-12H2;1-10,13,23,28H,11-12,27H2. The lowest BCUT2D eigenvalue weighted by molar-refractivity contribution is -0.119. The molecule has 4 unspecified atom stereocenters. The molecule has 137 heavy (non-hydrogen) atoms. The summed E-state index contributed by atoms with van der Waals surface area (Å²) in [7, 11) is -2.19. The Bertz CT molecular complexity index is 7120. The summed E-state index contributed by atoms with van der Waals surface area (Å²) in [5, 5.41) is 11.8. The normalized spacial score (nSPS) is 16.2. The molecule has 698 valence electrons. The second-order valence-corrected chi connectivity index (χ2v) is 38.3. The fraction of sp³-hybridized carbons (Fsp3) is 0.175. The average Bonchev–Trinajstić information content (AvgIpc) is 1.64. The Labute approximate surface area is 826 Å². The first-order valence-corrected chi connectivity index (χ1v) is 48.0. The largest absolute Gasteiger partial charge is 0.416 e. The molecule has 1 fully saturated rings. The van der Waals surface area contributed by atoms with Crippen molar-refractivity contribution in [3.05, 3.63) is 380 Å². The molecule has 0 radical (unpaired) electrons. The number of carbonyl (C=O) groups is 5. The number of H-pyrrole nitrogens is 4. The van der Waals surface area contributed by atoms with Crippen LogP contribution in [0.25, 0.3) is 43.6 Å². The lowest BCUT2D eigenvalue weighted by Gasteiger charge is -2.35. The van der Waals surface area contributed by atoms with Gasteiger partial charge in [-0.05, 0) is 289 Å². The number of ether oxygens (including phenoxy) is 6. The number of morpholine rings is 1. The molecule has 7 N–H and O–H groups in total. The van der Waals surface area contributed by atoms with Crippen molar-refractivity contribution in [3.8, 4) is 23.0 Å². The summed E-state index contributed by atoms with van der Waals surface area (Å²) in [4.78, 5) is 85.9. The predicted molar refractivity (Wildman–Crippen MR) is 532 cm³/mol. The van der Waals surface area contributed by atoms with Gasteiger partial charge in [0.1, 0.15) is 59.6 Å². The average molecular weight is 2020 g/mol. The fourth-order valence-corrected chi connectivity index (χ4v) is 20.6. The van der Waals surface area contributed by atoms with E-state index in [4.69, 9.17) is 127 Å². The lowest BCUT2D eigenvalue weighted by atomic mass is 9.92. The molecular formula is C103H84Cl8FN11O13S. The number of rotatable bonds is 13. The summed E-state index contributed by atoms with van der Waals surface area (Å²) >= 11 is 48.9. The molecule has 9 heterocycles. The molecule has 24 nitrogen and oxygen atoms in total. The van der Waals surface area contributed by atoms with E-state index in [9.17, 15) is 36.8 Å². The number of halogens is 9. The first-order chi connectivity index (χ1) is 66.2. The fourth-order valence-electron chi connectivity index (χ4n) is 18.0. The van der Waals surface area contributed by atoms with Crippen LogP contribution in [0, 0.1) is 5.82 Å². The zero-order chi connectivity index (χ0) is 95.5. The first kappa shape index (κ1) is 94.6. The van der Waals surface area contributed by atoms with Crippen molar-refractivity contribution in [1.82, 2.24) is 43.8 Å². The molecule has 0 bridgehead atoms. The van der Waals surface area contributed by atoms with Crippen molar-refractivity contribution in [2.24, 2.45) is 0 Å². The zero-order valence-electron chi connectivity index (χ0n) is 72.8. The molecular weight excluding hydrogens is 1930 g/mol. The number of hydrogen-bond acceptors (Lipinski definition) is 14. The van der Waals surface area contributed by atoms with Crippen LogP contribution < -0.4 is 30.0 Å². The number of aromatic nitrogens is 4. The van der Waals surface area contributed by atoms with Crippen LogP contribution in [-0.2, 0) is 50.0 Å². The van der Waals surface area contributed by atoms with Crippen LogP contribution >= 0.6 is 92.8 Å². The molecule has 5 aliphatic rings. The zero-order valence-corrected chi connectivity index (χ0v) is 79.7. The first-order valence-electron chi connectivity index (χ1n) is 43.6. The highest BCUT2D eigenvalue weighted by Crippen LogP contribution is 2.46.